The van der Waals surface area contributed by atoms with Crippen LogP contribution in [0.2, 0.25) is 5.02 Å². The van der Waals surface area contributed by atoms with E-state index >= 15 is 0 Å². The van der Waals surface area contributed by atoms with E-state index in [-0.39, 0.29) is 0 Å². The molecule has 1 rings (SSSR count). The van der Waals surface area contributed by atoms with Gasteiger partial charge < -0.3 is 4.84 Å². The Morgan fingerprint density at radius 2 is 2.07 bits per heavy atom. The highest BCUT2D eigenvalue weighted by molar-refractivity contribution is 14.1. The first-order valence-electron chi connectivity index (χ1n) is 4.70. The molecule has 1 aromatic rings. The number of rotatable bonds is 4. The van der Waals surface area contributed by atoms with Crippen LogP contribution in [-0.2, 0) is 4.84 Å². The number of benzene rings is 1. The van der Waals surface area contributed by atoms with Crippen molar-refractivity contribution in [1.82, 2.24) is 0 Å². The van der Waals surface area contributed by atoms with Crippen molar-refractivity contribution < 1.29 is 4.84 Å². The van der Waals surface area contributed by atoms with Crippen LogP contribution in [0.3, 0.4) is 0 Å². The molecule has 0 aromatic heterocycles. The van der Waals surface area contributed by atoms with Crippen LogP contribution in [0.4, 0.5) is 0 Å². The van der Waals surface area contributed by atoms with Crippen LogP contribution in [0.1, 0.15) is 18.9 Å². The third-order valence-electron chi connectivity index (χ3n) is 1.98. The van der Waals surface area contributed by atoms with Crippen molar-refractivity contribution in [3.8, 4) is 0 Å². The van der Waals surface area contributed by atoms with Gasteiger partial charge in [0.15, 0.2) is 0 Å². The van der Waals surface area contributed by atoms with Crippen molar-refractivity contribution in [2.75, 3.05) is 7.11 Å². The van der Waals surface area contributed by atoms with E-state index in [1.54, 1.807) is 7.11 Å². The summed E-state index contributed by atoms with van der Waals surface area (Å²) in [6.45, 7) is 2.12. The van der Waals surface area contributed by atoms with Crippen molar-refractivity contribution in [2.45, 2.75) is 17.3 Å². The molecule has 82 valence electrons. The zero-order chi connectivity index (χ0) is 11.3. The van der Waals surface area contributed by atoms with E-state index in [4.69, 9.17) is 16.4 Å². The van der Waals surface area contributed by atoms with Crippen LogP contribution in [0.25, 0.3) is 0 Å². The first kappa shape index (κ1) is 12.8. The van der Waals surface area contributed by atoms with E-state index in [2.05, 4.69) is 34.7 Å². The number of halogens is 2. The molecule has 15 heavy (non-hydrogen) atoms. The predicted molar refractivity (Wildman–Crippen MR) is 73.1 cm³/mol. The highest BCUT2D eigenvalue weighted by Crippen LogP contribution is 2.17. The molecule has 0 bridgehead atoms. The van der Waals surface area contributed by atoms with Crippen LogP contribution < -0.4 is 0 Å². The van der Waals surface area contributed by atoms with E-state index in [1.165, 1.54) is 0 Å². The quantitative estimate of drug-likeness (QED) is 0.353. The number of hydrogen-bond donors (Lipinski definition) is 0. The molecule has 1 unspecified atom stereocenters. The first-order valence-corrected chi connectivity index (χ1v) is 6.32. The maximum Gasteiger partial charge on any atom is 0.106 e. The molecule has 1 atom stereocenters. The predicted octanol–water partition coefficient (Wildman–Crippen LogP) is 3.90. The molecular weight excluding hydrogens is 324 g/mol. The zero-order valence-electron chi connectivity index (χ0n) is 8.71. The fraction of sp³-hybridized carbons (Fsp3) is 0.364. The van der Waals surface area contributed by atoms with Crippen molar-refractivity contribution in [3.63, 3.8) is 0 Å². The molecule has 0 saturated carbocycles. The van der Waals surface area contributed by atoms with Gasteiger partial charge in [0.05, 0.1) is 9.64 Å². The van der Waals surface area contributed by atoms with Crippen molar-refractivity contribution in [1.29, 1.82) is 0 Å². The van der Waals surface area contributed by atoms with Crippen molar-refractivity contribution in [3.05, 3.63) is 34.9 Å². The Bertz CT molecular complexity index is 337. The Hall–Kier alpha value is -0.290. The molecule has 0 spiro atoms. The van der Waals surface area contributed by atoms with E-state index in [0.29, 0.717) is 3.92 Å². The molecule has 0 amide bonds. The number of alkyl halides is 1. The SMILES string of the molecule is CCC(I)/C(=N\OC)c1ccc(Cl)cc1. The fourth-order valence-corrected chi connectivity index (χ4v) is 1.80. The molecule has 1 aromatic carbocycles. The summed E-state index contributed by atoms with van der Waals surface area (Å²) in [7, 11) is 1.56. The van der Waals surface area contributed by atoms with Crippen molar-refractivity contribution in [2.24, 2.45) is 5.16 Å². The first-order chi connectivity index (χ1) is 7.19. The van der Waals surface area contributed by atoms with E-state index < -0.39 is 0 Å². The minimum absolute atomic E-state index is 0.351. The van der Waals surface area contributed by atoms with Gasteiger partial charge in [-0.25, -0.2) is 0 Å². The third kappa shape index (κ3) is 3.65. The fourth-order valence-electron chi connectivity index (χ4n) is 1.20. The molecule has 0 heterocycles. The van der Waals surface area contributed by atoms with Gasteiger partial charge in [0.1, 0.15) is 7.11 Å². The highest BCUT2D eigenvalue weighted by Gasteiger charge is 2.13. The zero-order valence-corrected chi connectivity index (χ0v) is 11.6. The maximum atomic E-state index is 5.83. The number of nitrogens with zero attached hydrogens (tertiary/aromatic N) is 1. The summed E-state index contributed by atoms with van der Waals surface area (Å²) in [5.74, 6) is 0. The van der Waals surface area contributed by atoms with Gasteiger partial charge in [0.25, 0.3) is 0 Å². The van der Waals surface area contributed by atoms with Crippen LogP contribution in [-0.4, -0.2) is 16.7 Å². The van der Waals surface area contributed by atoms with Gasteiger partial charge >= 0.3 is 0 Å². The molecule has 0 saturated heterocycles. The van der Waals surface area contributed by atoms with Gasteiger partial charge in [0, 0.05) is 10.6 Å². The molecule has 0 fully saturated rings. The van der Waals surface area contributed by atoms with Gasteiger partial charge in [-0.1, -0.05) is 58.4 Å². The van der Waals surface area contributed by atoms with Gasteiger partial charge in [-0.2, -0.15) is 0 Å². The highest BCUT2D eigenvalue weighted by atomic mass is 127. The average Bonchev–Trinajstić information content (AvgIpc) is 2.26. The second-order valence-corrected chi connectivity index (χ2v) is 4.98. The number of hydrogen-bond acceptors (Lipinski definition) is 2. The van der Waals surface area contributed by atoms with Crippen LogP contribution in [0, 0.1) is 0 Å². The summed E-state index contributed by atoms with van der Waals surface area (Å²) in [5, 5.41) is 4.79. The minimum Gasteiger partial charge on any atom is -0.399 e. The smallest absolute Gasteiger partial charge is 0.106 e. The third-order valence-corrected chi connectivity index (χ3v) is 3.71. The van der Waals surface area contributed by atoms with Gasteiger partial charge in [-0.05, 0) is 18.6 Å². The summed E-state index contributed by atoms with van der Waals surface area (Å²) in [6, 6.07) is 7.64. The lowest BCUT2D eigenvalue weighted by molar-refractivity contribution is 0.213. The van der Waals surface area contributed by atoms with E-state index in [0.717, 1.165) is 22.7 Å². The standard InChI is InChI=1S/C11H13ClINO/c1-3-10(13)11(14-15-2)8-4-6-9(12)7-5-8/h4-7,10H,3H2,1-2H3/b14-11-. The maximum absolute atomic E-state index is 5.83. The Morgan fingerprint density at radius 1 is 1.47 bits per heavy atom. The molecule has 0 aliphatic carbocycles. The van der Waals surface area contributed by atoms with E-state index in [1.807, 2.05) is 24.3 Å². The topological polar surface area (TPSA) is 21.6 Å². The monoisotopic (exact) mass is 337 g/mol. The molecule has 4 heteroatoms. The Balaban J connectivity index is 2.99. The van der Waals surface area contributed by atoms with Crippen LogP contribution in [0.15, 0.2) is 29.4 Å². The summed E-state index contributed by atoms with van der Waals surface area (Å²) in [4.78, 5) is 4.86. The van der Waals surface area contributed by atoms with Crippen molar-refractivity contribution >= 4 is 39.9 Å². The average molecular weight is 338 g/mol. The Labute approximate surface area is 109 Å². The Morgan fingerprint density at radius 3 is 2.53 bits per heavy atom. The summed E-state index contributed by atoms with van der Waals surface area (Å²) < 4.78 is 0.351. The Kier molecular flexibility index (Phi) is 5.39. The second-order valence-electron chi connectivity index (χ2n) is 3.04. The second kappa shape index (κ2) is 6.33. The van der Waals surface area contributed by atoms with Crippen LogP contribution >= 0.6 is 34.2 Å². The van der Waals surface area contributed by atoms with Crippen LogP contribution in [0.5, 0.6) is 0 Å². The normalized spacial score (nSPS) is 13.7. The lowest BCUT2D eigenvalue weighted by atomic mass is 10.1. The molecule has 2 nitrogen and oxygen atoms in total. The largest absolute Gasteiger partial charge is 0.399 e. The molecule has 0 aliphatic heterocycles. The lowest BCUT2D eigenvalue weighted by Crippen LogP contribution is -2.14. The summed E-state index contributed by atoms with van der Waals surface area (Å²) in [5.41, 5.74) is 2.01. The molecule has 0 N–H and O–H groups in total. The van der Waals surface area contributed by atoms with Gasteiger partial charge in [-0.15, -0.1) is 0 Å². The number of oxime groups is 1. The minimum atomic E-state index is 0.351. The lowest BCUT2D eigenvalue weighted by Gasteiger charge is -2.10. The summed E-state index contributed by atoms with van der Waals surface area (Å²) >= 11 is 8.19. The van der Waals surface area contributed by atoms with Gasteiger partial charge in [0.2, 0.25) is 0 Å². The molecule has 0 aliphatic rings. The molecule has 0 radical (unpaired) electrons. The summed E-state index contributed by atoms with van der Waals surface area (Å²) in [6.07, 6.45) is 1.02. The van der Waals surface area contributed by atoms with Gasteiger partial charge in [-0.3, -0.25) is 0 Å². The van der Waals surface area contributed by atoms with E-state index in [9.17, 15) is 0 Å². The molecular formula is C11H13ClINO.